The first-order valence-electron chi connectivity index (χ1n) is 13.3. The molecule has 12 heteroatoms. The van der Waals surface area contributed by atoms with Gasteiger partial charge in [-0.15, -0.1) is 11.3 Å². The molecule has 3 amide bonds. The summed E-state index contributed by atoms with van der Waals surface area (Å²) in [5, 5.41) is 5.56. The zero-order valence-corrected chi connectivity index (χ0v) is 25.6. The highest BCUT2D eigenvalue weighted by atomic mass is 35.5. The number of nitrogens with one attached hydrogen (secondary N) is 1. The molecular weight excluding hydrogens is 585 g/mol. The van der Waals surface area contributed by atoms with Gasteiger partial charge in [0.05, 0.1) is 35.5 Å². The fourth-order valence-corrected chi connectivity index (χ4v) is 5.84. The molecule has 1 fully saturated rings. The molecule has 0 aliphatic carbocycles. The van der Waals surface area contributed by atoms with E-state index in [1.165, 1.54) is 22.3 Å². The number of hydrogen-bond acceptors (Lipinski definition) is 7. The molecule has 41 heavy (non-hydrogen) atoms. The van der Waals surface area contributed by atoms with Crippen LogP contribution in [0.5, 0.6) is 5.75 Å². The minimum Gasteiger partial charge on any atom is -0.495 e. The number of para-hydroxylation sites is 2. The molecule has 1 aliphatic rings. The van der Waals surface area contributed by atoms with E-state index >= 15 is 0 Å². The van der Waals surface area contributed by atoms with Crippen molar-refractivity contribution in [2.24, 2.45) is 5.92 Å². The zero-order chi connectivity index (χ0) is 29.5. The first kappa shape index (κ1) is 30.6. The van der Waals surface area contributed by atoms with Crippen molar-refractivity contribution < 1.29 is 19.1 Å². The number of methoxy groups -OCH3 is 1. The Kier molecular flexibility index (Phi) is 10.5. The van der Waals surface area contributed by atoms with Gasteiger partial charge in [-0.1, -0.05) is 49.2 Å². The molecule has 0 unspecified atom stereocenters. The Morgan fingerprint density at radius 2 is 1.83 bits per heavy atom. The van der Waals surface area contributed by atoms with Gasteiger partial charge in [0.15, 0.2) is 5.13 Å². The van der Waals surface area contributed by atoms with E-state index in [1.54, 1.807) is 24.6 Å². The molecule has 1 aromatic heterocycles. The van der Waals surface area contributed by atoms with Crippen LogP contribution in [0.4, 0.5) is 10.8 Å². The number of amides is 3. The summed E-state index contributed by atoms with van der Waals surface area (Å²) >= 11 is 13.5. The number of aromatic nitrogens is 1. The first-order chi connectivity index (χ1) is 19.6. The maximum atomic E-state index is 13.2. The van der Waals surface area contributed by atoms with Crippen LogP contribution in [0, 0.1) is 5.92 Å². The summed E-state index contributed by atoms with van der Waals surface area (Å²) in [6.45, 7) is 6.74. The summed E-state index contributed by atoms with van der Waals surface area (Å²) in [4.78, 5) is 48.9. The van der Waals surface area contributed by atoms with Crippen molar-refractivity contribution in [3.05, 3.63) is 69.1 Å². The van der Waals surface area contributed by atoms with E-state index in [-0.39, 0.29) is 47.2 Å². The van der Waals surface area contributed by atoms with Crippen molar-refractivity contribution in [2.45, 2.75) is 20.3 Å². The average Bonchev–Trinajstić information content (AvgIpc) is 3.38. The van der Waals surface area contributed by atoms with Gasteiger partial charge in [-0.25, -0.2) is 4.98 Å². The van der Waals surface area contributed by atoms with Crippen LogP contribution in [0.3, 0.4) is 0 Å². The predicted octanol–water partition coefficient (Wildman–Crippen LogP) is 5.09. The lowest BCUT2D eigenvalue weighted by atomic mass is 10.1. The van der Waals surface area contributed by atoms with Crippen molar-refractivity contribution in [3.63, 3.8) is 0 Å². The maximum absolute atomic E-state index is 13.2. The van der Waals surface area contributed by atoms with Crippen LogP contribution in [0.15, 0.2) is 47.8 Å². The molecule has 0 saturated carbocycles. The third kappa shape index (κ3) is 8.12. The number of benzene rings is 2. The highest BCUT2D eigenvalue weighted by Gasteiger charge is 2.25. The molecule has 2 heterocycles. The van der Waals surface area contributed by atoms with E-state index in [4.69, 9.17) is 27.9 Å². The van der Waals surface area contributed by atoms with E-state index in [2.05, 4.69) is 15.2 Å². The Bertz CT molecular complexity index is 1390. The van der Waals surface area contributed by atoms with Gasteiger partial charge in [0.2, 0.25) is 11.8 Å². The summed E-state index contributed by atoms with van der Waals surface area (Å²) in [5.41, 5.74) is 1.89. The van der Waals surface area contributed by atoms with Gasteiger partial charge < -0.3 is 24.8 Å². The van der Waals surface area contributed by atoms with Crippen molar-refractivity contribution in [1.82, 2.24) is 14.8 Å². The second kappa shape index (κ2) is 14.0. The number of hydrogen-bond donors (Lipinski definition) is 1. The van der Waals surface area contributed by atoms with E-state index in [9.17, 15) is 14.4 Å². The van der Waals surface area contributed by atoms with Crippen LogP contribution < -0.4 is 15.0 Å². The molecule has 1 saturated heterocycles. The number of carbonyl (C=O) groups is 3. The lowest BCUT2D eigenvalue weighted by molar-refractivity contribution is -0.130. The summed E-state index contributed by atoms with van der Waals surface area (Å²) in [7, 11) is 1.65. The second-order valence-corrected chi connectivity index (χ2v) is 11.8. The lowest BCUT2D eigenvalue weighted by Crippen LogP contribution is -2.49. The van der Waals surface area contributed by atoms with Crippen LogP contribution in [0.25, 0.3) is 0 Å². The highest BCUT2D eigenvalue weighted by molar-refractivity contribution is 7.13. The molecule has 1 aliphatic heterocycles. The number of ether oxygens (including phenoxy) is 1. The number of halogens is 2. The number of carbonyl (C=O) groups excluding carboxylic acids is 3. The second-order valence-electron chi connectivity index (χ2n) is 10.1. The van der Waals surface area contributed by atoms with E-state index in [0.717, 1.165) is 11.4 Å². The largest absolute Gasteiger partial charge is 0.495 e. The van der Waals surface area contributed by atoms with Crippen molar-refractivity contribution in [1.29, 1.82) is 0 Å². The van der Waals surface area contributed by atoms with Crippen molar-refractivity contribution >= 4 is 63.1 Å². The predicted molar refractivity (Wildman–Crippen MR) is 163 cm³/mol. The Labute approximate surface area is 254 Å². The summed E-state index contributed by atoms with van der Waals surface area (Å²) in [5.74, 6) is 0.193. The first-order valence-corrected chi connectivity index (χ1v) is 14.9. The Hall–Kier alpha value is -3.34. The molecule has 1 N–H and O–H groups in total. The molecule has 0 atom stereocenters. The lowest BCUT2D eigenvalue weighted by Gasteiger charge is -2.36. The average molecular weight is 619 g/mol. The van der Waals surface area contributed by atoms with Gasteiger partial charge in [-0.05, 0) is 36.2 Å². The summed E-state index contributed by atoms with van der Waals surface area (Å²) in [6.07, 6.45) is 0.147. The Balaban J connectivity index is 1.30. The van der Waals surface area contributed by atoms with Gasteiger partial charge in [-0.2, -0.15) is 0 Å². The maximum Gasteiger partial charge on any atom is 0.255 e. The van der Waals surface area contributed by atoms with Crippen molar-refractivity contribution in [2.75, 3.05) is 56.6 Å². The molecule has 9 nitrogen and oxygen atoms in total. The Morgan fingerprint density at radius 3 is 2.51 bits per heavy atom. The molecule has 3 aromatic rings. The molecule has 0 bridgehead atoms. The molecule has 2 aromatic carbocycles. The normalized spacial score (nSPS) is 13.3. The fourth-order valence-electron chi connectivity index (χ4n) is 4.63. The standard InChI is InChI=1S/C29H33Cl2N5O4S/c1-19(2)16-36(28(39)22-9-8-20(30)14-23(22)31)17-26(37)33-29-32-21(18-41-29)15-27(38)35-12-10-34(11-13-35)24-6-4-5-7-25(24)40-3/h4-9,14,18-19H,10-13,15-17H2,1-3H3,(H,32,33,37). The van der Waals surface area contributed by atoms with Crippen LogP contribution >= 0.6 is 34.5 Å². The van der Waals surface area contributed by atoms with Crippen LogP contribution in [0.2, 0.25) is 10.0 Å². The Morgan fingerprint density at radius 1 is 1.10 bits per heavy atom. The van der Waals surface area contributed by atoms with Crippen molar-refractivity contribution in [3.8, 4) is 5.75 Å². The minimum absolute atomic E-state index is 0.0126. The van der Waals surface area contributed by atoms with Crippen LogP contribution in [-0.2, 0) is 16.0 Å². The minimum atomic E-state index is -0.385. The number of anilines is 2. The molecule has 218 valence electrons. The van der Waals surface area contributed by atoms with Gasteiger partial charge in [0, 0.05) is 43.1 Å². The topological polar surface area (TPSA) is 95.1 Å². The number of nitrogens with zero attached hydrogens (tertiary/aromatic N) is 4. The fraction of sp³-hybridized carbons (Fsp3) is 0.379. The van der Waals surface area contributed by atoms with E-state index in [1.807, 2.05) is 43.0 Å². The van der Waals surface area contributed by atoms with E-state index in [0.29, 0.717) is 48.6 Å². The smallest absolute Gasteiger partial charge is 0.255 e. The summed E-state index contributed by atoms with van der Waals surface area (Å²) in [6, 6.07) is 12.5. The number of thiazole rings is 1. The quantitative estimate of drug-likeness (QED) is 0.341. The van der Waals surface area contributed by atoms with Gasteiger partial charge >= 0.3 is 0 Å². The van der Waals surface area contributed by atoms with E-state index < -0.39 is 0 Å². The van der Waals surface area contributed by atoms with Crippen LogP contribution in [0.1, 0.15) is 29.9 Å². The number of piperazine rings is 1. The third-order valence-electron chi connectivity index (χ3n) is 6.56. The summed E-state index contributed by atoms with van der Waals surface area (Å²) < 4.78 is 5.47. The molecule has 0 spiro atoms. The monoisotopic (exact) mass is 617 g/mol. The molecule has 4 rings (SSSR count). The van der Waals surface area contributed by atoms with Gasteiger partial charge in [0.1, 0.15) is 12.3 Å². The third-order valence-corrected chi connectivity index (χ3v) is 7.91. The molecular formula is C29H33Cl2N5O4S. The van der Waals surface area contributed by atoms with Gasteiger partial charge in [0.25, 0.3) is 5.91 Å². The van der Waals surface area contributed by atoms with Crippen LogP contribution in [-0.4, -0.2) is 78.9 Å². The van der Waals surface area contributed by atoms with Gasteiger partial charge in [-0.3, -0.25) is 14.4 Å². The number of rotatable bonds is 10. The zero-order valence-electron chi connectivity index (χ0n) is 23.2. The SMILES string of the molecule is COc1ccccc1N1CCN(C(=O)Cc2csc(NC(=O)CN(CC(C)C)C(=O)c3ccc(Cl)cc3Cl)n2)CC1. The highest BCUT2D eigenvalue weighted by Crippen LogP contribution is 2.28. The molecule has 0 radical (unpaired) electrons.